The summed E-state index contributed by atoms with van der Waals surface area (Å²) in [5.41, 5.74) is 0. The highest BCUT2D eigenvalue weighted by atomic mass is 16.7. The van der Waals surface area contributed by atoms with Crippen LogP contribution in [0.1, 0.15) is 13.3 Å². The third-order valence-electron chi connectivity index (χ3n) is 2.16. The summed E-state index contributed by atoms with van der Waals surface area (Å²) in [4.78, 5) is 21.4. The van der Waals surface area contributed by atoms with Crippen LogP contribution >= 0.6 is 0 Å². The van der Waals surface area contributed by atoms with E-state index in [-0.39, 0.29) is 20.0 Å². The minimum atomic E-state index is -1.08. The second-order valence-corrected chi connectivity index (χ2v) is 3.92. The van der Waals surface area contributed by atoms with E-state index in [0.29, 0.717) is 19.8 Å². The van der Waals surface area contributed by atoms with E-state index in [1.807, 2.05) is 0 Å². The Hall–Kier alpha value is -1.44. The summed E-state index contributed by atoms with van der Waals surface area (Å²) in [7, 11) is 0. The van der Waals surface area contributed by atoms with Crippen molar-refractivity contribution in [3.8, 4) is 0 Å². The third-order valence-corrected chi connectivity index (χ3v) is 2.16. The molecule has 0 saturated heterocycles. The zero-order chi connectivity index (χ0) is 15.2. The highest BCUT2D eigenvalue weighted by molar-refractivity contribution is 5.71. The zero-order valence-electron chi connectivity index (χ0n) is 11.7. The highest BCUT2D eigenvalue weighted by Crippen LogP contribution is 2.00. The molecule has 1 N–H and O–H groups in total. The summed E-state index contributed by atoms with van der Waals surface area (Å²) in [6, 6.07) is 0. The van der Waals surface area contributed by atoms with Crippen LogP contribution in [0.2, 0.25) is 0 Å². The molecule has 0 aliphatic rings. The van der Waals surface area contributed by atoms with Crippen LogP contribution in [-0.2, 0) is 28.5 Å². The Balaban J connectivity index is 3.51. The highest BCUT2D eigenvalue weighted by Gasteiger charge is 2.19. The first-order chi connectivity index (χ1) is 9.57. The smallest absolute Gasteiger partial charge is 0.312 e. The molecule has 0 aromatic rings. The number of ether oxygens (including phenoxy) is 4. The van der Waals surface area contributed by atoms with Gasteiger partial charge in [0.05, 0.1) is 26.4 Å². The lowest BCUT2D eigenvalue weighted by molar-refractivity contribution is -0.154. The molecule has 0 amide bonds. The van der Waals surface area contributed by atoms with Gasteiger partial charge in [-0.25, -0.2) is 0 Å². The predicted octanol–water partition coefficient (Wildman–Crippen LogP) is 0.834. The van der Waals surface area contributed by atoms with Crippen LogP contribution < -0.4 is 0 Å². The average Bonchev–Trinajstić information content (AvgIpc) is 2.39. The van der Waals surface area contributed by atoms with Gasteiger partial charge >= 0.3 is 11.9 Å². The maximum Gasteiger partial charge on any atom is 0.312 e. The molecule has 0 radical (unpaired) electrons. The summed E-state index contributed by atoms with van der Waals surface area (Å²) >= 11 is 0. The standard InChI is InChI=1S/C13H22O7/c1-3-4-5-17-6-7-18-10-19-8-12(13(15)16)9-20-11(2)14/h3,12H,1,4-10H2,2H3,(H,15,16). The van der Waals surface area contributed by atoms with Crippen molar-refractivity contribution in [2.24, 2.45) is 5.92 Å². The number of carbonyl (C=O) groups is 2. The van der Waals surface area contributed by atoms with Crippen molar-refractivity contribution in [1.82, 2.24) is 0 Å². The summed E-state index contributed by atoms with van der Waals surface area (Å²) in [6.45, 7) is 5.85. The normalized spacial score (nSPS) is 11.8. The Morgan fingerprint density at radius 1 is 1.15 bits per heavy atom. The van der Waals surface area contributed by atoms with E-state index >= 15 is 0 Å². The van der Waals surface area contributed by atoms with E-state index in [9.17, 15) is 9.59 Å². The van der Waals surface area contributed by atoms with Gasteiger partial charge in [-0.15, -0.1) is 6.58 Å². The van der Waals surface area contributed by atoms with Crippen LogP contribution in [0.4, 0.5) is 0 Å². The number of carboxylic acids is 1. The van der Waals surface area contributed by atoms with Gasteiger partial charge in [-0.1, -0.05) is 6.08 Å². The maximum atomic E-state index is 10.8. The molecule has 20 heavy (non-hydrogen) atoms. The second-order valence-electron chi connectivity index (χ2n) is 3.92. The van der Waals surface area contributed by atoms with Crippen LogP contribution in [0.3, 0.4) is 0 Å². The SMILES string of the molecule is C=CCCOCCOCOCC(COC(C)=O)C(=O)O. The number of aliphatic carboxylic acids is 1. The van der Waals surface area contributed by atoms with Crippen molar-refractivity contribution in [2.45, 2.75) is 13.3 Å². The van der Waals surface area contributed by atoms with E-state index in [4.69, 9.17) is 19.3 Å². The lowest BCUT2D eigenvalue weighted by Crippen LogP contribution is -2.26. The molecule has 0 aromatic heterocycles. The van der Waals surface area contributed by atoms with Gasteiger partial charge in [0.2, 0.25) is 0 Å². The number of hydrogen-bond donors (Lipinski definition) is 1. The molecule has 0 heterocycles. The van der Waals surface area contributed by atoms with E-state index in [2.05, 4.69) is 11.3 Å². The average molecular weight is 290 g/mol. The summed E-state index contributed by atoms with van der Waals surface area (Å²) in [6.07, 6.45) is 2.55. The van der Waals surface area contributed by atoms with E-state index in [0.717, 1.165) is 6.42 Å². The van der Waals surface area contributed by atoms with Crippen LogP contribution in [0, 0.1) is 5.92 Å². The lowest BCUT2D eigenvalue weighted by Gasteiger charge is -2.12. The van der Waals surface area contributed by atoms with Gasteiger partial charge in [0.15, 0.2) is 0 Å². The molecule has 7 nitrogen and oxygen atoms in total. The van der Waals surface area contributed by atoms with E-state index in [1.165, 1.54) is 6.92 Å². The Bertz CT molecular complexity index is 290. The van der Waals surface area contributed by atoms with Crippen molar-refractivity contribution >= 4 is 11.9 Å². The fraction of sp³-hybridized carbons (Fsp3) is 0.692. The van der Waals surface area contributed by atoms with Gasteiger partial charge in [-0.2, -0.15) is 0 Å². The predicted molar refractivity (Wildman–Crippen MR) is 70.2 cm³/mol. The van der Waals surface area contributed by atoms with Crippen molar-refractivity contribution in [3.63, 3.8) is 0 Å². The van der Waals surface area contributed by atoms with Crippen LogP contribution in [0.25, 0.3) is 0 Å². The van der Waals surface area contributed by atoms with Crippen LogP contribution in [0.5, 0.6) is 0 Å². The molecule has 7 heteroatoms. The lowest BCUT2D eigenvalue weighted by atomic mass is 10.2. The van der Waals surface area contributed by atoms with Crippen LogP contribution in [-0.4, -0.2) is 56.9 Å². The molecule has 0 bridgehead atoms. The Morgan fingerprint density at radius 2 is 1.85 bits per heavy atom. The molecule has 0 spiro atoms. The molecule has 1 unspecified atom stereocenters. The quantitative estimate of drug-likeness (QED) is 0.232. The van der Waals surface area contributed by atoms with Crippen LogP contribution in [0.15, 0.2) is 12.7 Å². The van der Waals surface area contributed by atoms with E-state index in [1.54, 1.807) is 6.08 Å². The largest absolute Gasteiger partial charge is 0.481 e. The van der Waals surface area contributed by atoms with Gasteiger partial charge in [0.25, 0.3) is 0 Å². The minimum Gasteiger partial charge on any atom is -0.481 e. The molecule has 0 saturated carbocycles. The first kappa shape index (κ1) is 18.6. The summed E-state index contributed by atoms with van der Waals surface area (Å²) < 4.78 is 20.0. The van der Waals surface area contributed by atoms with Crippen molar-refractivity contribution in [2.75, 3.05) is 39.8 Å². The molecular formula is C13H22O7. The molecule has 0 aromatic carbocycles. The minimum absolute atomic E-state index is 0.0331. The number of esters is 1. The monoisotopic (exact) mass is 290 g/mol. The van der Waals surface area contributed by atoms with Gasteiger partial charge in [0, 0.05) is 6.92 Å². The molecule has 0 fully saturated rings. The first-order valence-electron chi connectivity index (χ1n) is 6.28. The second kappa shape index (κ2) is 12.6. The fourth-order valence-corrected chi connectivity index (χ4v) is 1.10. The Labute approximate surface area is 118 Å². The van der Waals surface area contributed by atoms with Gasteiger partial charge in [0.1, 0.15) is 19.3 Å². The fourth-order valence-electron chi connectivity index (χ4n) is 1.10. The molecular weight excluding hydrogens is 268 g/mol. The van der Waals surface area contributed by atoms with Gasteiger partial charge < -0.3 is 24.1 Å². The van der Waals surface area contributed by atoms with E-state index < -0.39 is 17.9 Å². The van der Waals surface area contributed by atoms with Crippen molar-refractivity contribution in [3.05, 3.63) is 12.7 Å². The topological polar surface area (TPSA) is 91.3 Å². The summed E-state index contributed by atoms with van der Waals surface area (Å²) in [5.74, 6) is -2.51. The molecule has 0 rings (SSSR count). The number of carbonyl (C=O) groups excluding carboxylic acids is 1. The number of rotatable bonds is 13. The molecule has 0 aliphatic heterocycles. The number of carboxylic acid groups (broad SMARTS) is 1. The van der Waals surface area contributed by atoms with Crippen molar-refractivity contribution < 1.29 is 33.6 Å². The van der Waals surface area contributed by atoms with Gasteiger partial charge in [-0.05, 0) is 6.42 Å². The number of hydrogen-bond acceptors (Lipinski definition) is 6. The Morgan fingerprint density at radius 3 is 2.45 bits per heavy atom. The maximum absolute atomic E-state index is 10.8. The first-order valence-corrected chi connectivity index (χ1v) is 6.28. The van der Waals surface area contributed by atoms with Gasteiger partial charge in [-0.3, -0.25) is 9.59 Å². The van der Waals surface area contributed by atoms with Crippen molar-refractivity contribution in [1.29, 1.82) is 0 Å². The zero-order valence-corrected chi connectivity index (χ0v) is 11.7. The third kappa shape index (κ3) is 11.6. The molecule has 0 aliphatic carbocycles. The Kier molecular flexibility index (Phi) is 11.7. The molecule has 116 valence electrons. The summed E-state index contributed by atoms with van der Waals surface area (Å²) in [5, 5.41) is 8.87. The molecule has 1 atom stereocenters.